The van der Waals surface area contributed by atoms with Gasteiger partial charge < -0.3 is 9.40 Å². The molecule has 0 amide bonds. The van der Waals surface area contributed by atoms with Gasteiger partial charge in [0.25, 0.3) is 10.5 Å². The van der Waals surface area contributed by atoms with E-state index in [1.807, 2.05) is 0 Å². The molecule has 76 valence electrons. The molecule has 0 spiro atoms. The lowest BCUT2D eigenvalue weighted by Gasteiger charge is -1.95. The van der Waals surface area contributed by atoms with Crippen LogP contribution in [-0.4, -0.2) is 9.91 Å². The van der Waals surface area contributed by atoms with Crippen LogP contribution in [0.3, 0.4) is 0 Å². The Labute approximate surface area is 89.5 Å². The molecule has 0 unspecified atom stereocenters. The zero-order chi connectivity index (χ0) is 10.8. The summed E-state index contributed by atoms with van der Waals surface area (Å²) < 4.78 is 4.92. The monoisotopic (exact) mass is 222 g/mol. The maximum Gasteiger partial charge on any atom is 0.269 e. The fraction of sp³-hybridized carbons (Fsp3) is 0. The van der Waals surface area contributed by atoms with Gasteiger partial charge >= 0.3 is 0 Å². The number of nitro benzene ring substituents is 1. The molecule has 0 saturated carbocycles. The van der Waals surface area contributed by atoms with Gasteiger partial charge in [0.1, 0.15) is 6.26 Å². The third kappa shape index (κ3) is 1.94. The highest BCUT2D eigenvalue weighted by atomic mass is 32.1. The van der Waals surface area contributed by atoms with Crippen molar-refractivity contribution in [2.24, 2.45) is 0 Å². The molecule has 0 fully saturated rings. The summed E-state index contributed by atoms with van der Waals surface area (Å²) in [5.41, 5.74) is 1.55. The lowest BCUT2D eigenvalue weighted by atomic mass is 10.1. The number of rotatable bonds is 2. The molecule has 6 heteroatoms. The zero-order valence-electron chi connectivity index (χ0n) is 7.47. The fourth-order valence-electron chi connectivity index (χ4n) is 1.18. The molecule has 2 aromatic rings. The van der Waals surface area contributed by atoms with Crippen molar-refractivity contribution >= 4 is 17.9 Å². The van der Waals surface area contributed by atoms with E-state index in [9.17, 15) is 10.1 Å². The predicted octanol–water partition coefficient (Wildman–Crippen LogP) is 2.91. The quantitative estimate of drug-likeness (QED) is 0.481. The first-order valence-corrected chi connectivity index (χ1v) is 4.50. The van der Waals surface area contributed by atoms with Crippen LogP contribution < -0.4 is 0 Å². The van der Waals surface area contributed by atoms with Crippen molar-refractivity contribution in [2.45, 2.75) is 0 Å². The molecule has 1 aromatic carbocycles. The Hall–Kier alpha value is -1.95. The second-order valence-corrected chi connectivity index (χ2v) is 3.24. The number of benzene rings is 1. The third-order valence-corrected chi connectivity index (χ3v) is 2.11. The molecule has 0 aliphatic carbocycles. The number of nitro groups is 1. The van der Waals surface area contributed by atoms with E-state index >= 15 is 0 Å². The SMILES string of the molecule is O=[N+]([O-])c1ccc(-c2coc(=S)[nH]2)cc1. The van der Waals surface area contributed by atoms with Crippen molar-refractivity contribution in [3.63, 3.8) is 0 Å². The van der Waals surface area contributed by atoms with Crippen LogP contribution in [0.1, 0.15) is 0 Å². The average Bonchev–Trinajstić information content (AvgIpc) is 2.65. The van der Waals surface area contributed by atoms with E-state index in [-0.39, 0.29) is 10.5 Å². The number of non-ortho nitro benzene ring substituents is 1. The minimum absolute atomic E-state index is 0.0563. The predicted molar refractivity (Wildman–Crippen MR) is 56.0 cm³/mol. The lowest BCUT2D eigenvalue weighted by molar-refractivity contribution is -0.384. The van der Waals surface area contributed by atoms with Crippen molar-refractivity contribution in [1.82, 2.24) is 4.98 Å². The number of H-pyrrole nitrogens is 1. The van der Waals surface area contributed by atoms with E-state index < -0.39 is 4.92 Å². The highest BCUT2D eigenvalue weighted by Gasteiger charge is 2.05. The summed E-state index contributed by atoms with van der Waals surface area (Å²) in [4.78, 5) is 13.1. The summed E-state index contributed by atoms with van der Waals surface area (Å²) in [7, 11) is 0. The maximum atomic E-state index is 10.4. The molecule has 0 aliphatic rings. The first kappa shape index (κ1) is 9.60. The minimum Gasteiger partial charge on any atom is -0.437 e. The van der Waals surface area contributed by atoms with E-state index in [0.717, 1.165) is 5.56 Å². The van der Waals surface area contributed by atoms with E-state index in [1.165, 1.54) is 18.4 Å². The topological polar surface area (TPSA) is 72.1 Å². The van der Waals surface area contributed by atoms with Crippen molar-refractivity contribution in [1.29, 1.82) is 0 Å². The van der Waals surface area contributed by atoms with Crippen LogP contribution >= 0.6 is 12.2 Å². The minimum atomic E-state index is -0.443. The highest BCUT2D eigenvalue weighted by molar-refractivity contribution is 7.71. The molecular formula is C9H6N2O3S. The molecule has 1 N–H and O–H groups in total. The van der Waals surface area contributed by atoms with Crippen LogP contribution in [-0.2, 0) is 0 Å². The van der Waals surface area contributed by atoms with Crippen LogP contribution in [0.4, 0.5) is 5.69 Å². The largest absolute Gasteiger partial charge is 0.437 e. The van der Waals surface area contributed by atoms with Gasteiger partial charge in [-0.05, 0) is 24.4 Å². The summed E-state index contributed by atoms with van der Waals surface area (Å²) in [5, 5.41) is 10.4. The van der Waals surface area contributed by atoms with E-state index in [1.54, 1.807) is 12.1 Å². The Bertz CT molecular complexity index is 541. The average molecular weight is 222 g/mol. The summed E-state index contributed by atoms with van der Waals surface area (Å²) in [6.07, 6.45) is 1.48. The standard InChI is InChI=1S/C9H6N2O3S/c12-11(13)7-3-1-6(2-4-7)8-5-14-9(15)10-8/h1-5H,(H,10,15). The number of oxazole rings is 1. The van der Waals surface area contributed by atoms with Crippen molar-refractivity contribution in [3.8, 4) is 11.3 Å². The summed E-state index contributed by atoms with van der Waals surface area (Å²) in [6.45, 7) is 0. The van der Waals surface area contributed by atoms with Crippen LogP contribution in [0.5, 0.6) is 0 Å². The van der Waals surface area contributed by atoms with Gasteiger partial charge in [-0.3, -0.25) is 10.1 Å². The first-order chi connectivity index (χ1) is 7.16. The number of nitrogens with zero attached hydrogens (tertiary/aromatic N) is 1. The summed E-state index contributed by atoms with van der Waals surface area (Å²) in [5.74, 6) is 0. The number of hydrogen-bond donors (Lipinski definition) is 1. The molecular weight excluding hydrogens is 216 g/mol. The second kappa shape index (κ2) is 3.66. The Morgan fingerprint density at radius 1 is 1.33 bits per heavy atom. The fourth-order valence-corrected chi connectivity index (χ4v) is 1.34. The van der Waals surface area contributed by atoms with Gasteiger partial charge in [-0.2, -0.15) is 0 Å². The van der Waals surface area contributed by atoms with Crippen LogP contribution in [0, 0.1) is 15.0 Å². The Morgan fingerprint density at radius 2 is 2.00 bits per heavy atom. The molecule has 0 bridgehead atoms. The Kier molecular flexibility index (Phi) is 2.34. The van der Waals surface area contributed by atoms with Gasteiger partial charge in [-0.25, -0.2) is 0 Å². The number of aromatic nitrogens is 1. The van der Waals surface area contributed by atoms with Gasteiger partial charge in [0.05, 0.1) is 10.6 Å². The summed E-state index contributed by atoms with van der Waals surface area (Å²) >= 11 is 4.77. The van der Waals surface area contributed by atoms with Gasteiger partial charge in [0, 0.05) is 17.7 Å². The van der Waals surface area contributed by atoms with E-state index in [0.29, 0.717) is 5.69 Å². The molecule has 0 saturated heterocycles. The Balaban J connectivity index is 2.39. The van der Waals surface area contributed by atoms with Crippen LogP contribution in [0.2, 0.25) is 0 Å². The van der Waals surface area contributed by atoms with Crippen LogP contribution in [0.15, 0.2) is 34.9 Å². The Morgan fingerprint density at radius 3 is 2.47 bits per heavy atom. The van der Waals surface area contributed by atoms with Gasteiger partial charge in [0.2, 0.25) is 0 Å². The third-order valence-electron chi connectivity index (χ3n) is 1.91. The maximum absolute atomic E-state index is 10.4. The van der Waals surface area contributed by atoms with Gasteiger partial charge in [-0.15, -0.1) is 0 Å². The van der Waals surface area contributed by atoms with Crippen molar-refractivity contribution in [3.05, 3.63) is 45.5 Å². The molecule has 5 nitrogen and oxygen atoms in total. The molecule has 0 aliphatic heterocycles. The van der Waals surface area contributed by atoms with Gasteiger partial charge in [0.15, 0.2) is 0 Å². The first-order valence-electron chi connectivity index (χ1n) is 4.09. The smallest absolute Gasteiger partial charge is 0.269 e. The highest BCUT2D eigenvalue weighted by Crippen LogP contribution is 2.20. The number of nitrogens with one attached hydrogen (secondary N) is 1. The van der Waals surface area contributed by atoms with Crippen molar-refractivity contribution < 1.29 is 9.34 Å². The second-order valence-electron chi connectivity index (χ2n) is 2.87. The molecule has 1 aromatic heterocycles. The molecule has 15 heavy (non-hydrogen) atoms. The van der Waals surface area contributed by atoms with Crippen LogP contribution in [0.25, 0.3) is 11.3 Å². The van der Waals surface area contributed by atoms with Crippen molar-refractivity contribution in [2.75, 3.05) is 0 Å². The number of hydrogen-bond acceptors (Lipinski definition) is 4. The normalized spacial score (nSPS) is 10.1. The lowest BCUT2D eigenvalue weighted by Crippen LogP contribution is -1.87. The van der Waals surface area contributed by atoms with E-state index in [4.69, 9.17) is 16.6 Å². The zero-order valence-corrected chi connectivity index (χ0v) is 8.28. The molecule has 0 radical (unpaired) electrons. The molecule has 1 heterocycles. The molecule has 2 rings (SSSR count). The number of aromatic amines is 1. The summed E-state index contributed by atoms with van der Waals surface area (Å²) in [6, 6.07) is 6.13. The van der Waals surface area contributed by atoms with E-state index in [2.05, 4.69) is 4.98 Å². The van der Waals surface area contributed by atoms with Gasteiger partial charge in [-0.1, -0.05) is 0 Å². The molecule has 0 atom stereocenters.